The van der Waals surface area contributed by atoms with Crippen LogP contribution in [-0.2, 0) is 14.4 Å². The van der Waals surface area contributed by atoms with E-state index >= 15 is 0 Å². The summed E-state index contributed by atoms with van der Waals surface area (Å²) >= 11 is 0. The van der Waals surface area contributed by atoms with E-state index in [0.717, 1.165) is 12.8 Å². The summed E-state index contributed by atoms with van der Waals surface area (Å²) in [6.07, 6.45) is 2.95. The lowest BCUT2D eigenvalue weighted by molar-refractivity contribution is -0.525. The number of carbonyl (C=O) groups excluding carboxylic acids is 3. The number of hydrazine groups is 1. The van der Waals surface area contributed by atoms with Crippen LogP contribution >= 0.6 is 0 Å². The van der Waals surface area contributed by atoms with E-state index in [1.807, 2.05) is 13.8 Å². The molecule has 0 radical (unpaired) electrons. The first kappa shape index (κ1) is 31.1. The summed E-state index contributed by atoms with van der Waals surface area (Å²) in [5.74, 6) is -2.23. The molecular formula is C19H38BN7O7. The number of aliphatic imine (C=N–C) groups is 1. The van der Waals surface area contributed by atoms with E-state index in [4.69, 9.17) is 5.73 Å². The maximum atomic E-state index is 12.8. The molecule has 0 aliphatic rings. The smallest absolute Gasteiger partial charge is 0.426 e. The van der Waals surface area contributed by atoms with Crippen molar-refractivity contribution < 1.29 is 29.5 Å². The van der Waals surface area contributed by atoms with Gasteiger partial charge in [0.25, 0.3) is 5.96 Å². The number of nitro groups is 1. The van der Waals surface area contributed by atoms with E-state index in [1.165, 1.54) is 6.92 Å². The fraction of sp³-hybridized carbons (Fsp3) is 0.789. The molecular weight excluding hydrogens is 449 g/mol. The second-order valence-corrected chi connectivity index (χ2v) is 8.35. The van der Waals surface area contributed by atoms with Gasteiger partial charge in [-0.3, -0.25) is 14.4 Å². The van der Waals surface area contributed by atoms with Gasteiger partial charge in [0.1, 0.15) is 6.04 Å². The predicted octanol–water partition coefficient (Wildman–Crippen LogP) is -1.41. The third-order valence-electron chi connectivity index (χ3n) is 4.66. The number of nitrogens with one attached hydrogen (secondary N) is 4. The van der Waals surface area contributed by atoms with Crippen LogP contribution in [0.15, 0.2) is 4.99 Å². The zero-order valence-corrected chi connectivity index (χ0v) is 20.1. The Labute approximate surface area is 199 Å². The maximum absolute atomic E-state index is 12.8. The van der Waals surface area contributed by atoms with Gasteiger partial charge in [0.2, 0.25) is 17.7 Å². The molecule has 1 unspecified atom stereocenters. The summed E-state index contributed by atoms with van der Waals surface area (Å²) in [7, 11) is -1.76. The molecule has 0 bridgehead atoms. The third-order valence-corrected chi connectivity index (χ3v) is 4.66. The Morgan fingerprint density at radius 3 is 2.35 bits per heavy atom. The van der Waals surface area contributed by atoms with Gasteiger partial charge in [-0.15, -0.1) is 0 Å². The van der Waals surface area contributed by atoms with Crippen LogP contribution in [0.25, 0.3) is 0 Å². The molecule has 14 nitrogen and oxygen atoms in total. The van der Waals surface area contributed by atoms with Crippen molar-refractivity contribution in [3.63, 3.8) is 0 Å². The lowest BCUT2D eigenvalue weighted by Gasteiger charge is -2.24. The molecule has 8 N–H and O–H groups in total. The quantitative estimate of drug-likeness (QED) is 0.0319. The highest BCUT2D eigenvalue weighted by Gasteiger charge is 2.29. The number of nitrogens with zero attached hydrogens (tertiary/aromatic N) is 2. The molecule has 0 aromatic carbocycles. The average Bonchev–Trinajstić information content (AvgIpc) is 2.71. The van der Waals surface area contributed by atoms with Gasteiger partial charge < -0.3 is 31.7 Å². The highest BCUT2D eigenvalue weighted by atomic mass is 16.7. The second-order valence-electron chi connectivity index (χ2n) is 8.35. The normalized spacial score (nSPS) is 13.1. The minimum atomic E-state index is -1.76. The number of carbonyl (C=O) groups is 3. The largest absolute Gasteiger partial charge is 0.475 e. The zero-order chi connectivity index (χ0) is 26.1. The van der Waals surface area contributed by atoms with E-state index in [1.54, 1.807) is 5.43 Å². The molecule has 0 saturated heterocycles. The number of guanidine groups is 1. The zero-order valence-electron chi connectivity index (χ0n) is 20.1. The van der Waals surface area contributed by atoms with Crippen molar-refractivity contribution in [2.75, 3.05) is 13.1 Å². The predicted molar refractivity (Wildman–Crippen MR) is 127 cm³/mol. The number of hydrogen-bond donors (Lipinski definition) is 7. The molecule has 3 amide bonds. The Morgan fingerprint density at radius 2 is 1.79 bits per heavy atom. The Bertz CT molecular complexity index is 692. The summed E-state index contributed by atoms with van der Waals surface area (Å²) in [6, 6.07) is -0.958. The van der Waals surface area contributed by atoms with E-state index in [0.29, 0.717) is 19.4 Å². The fourth-order valence-corrected chi connectivity index (χ4v) is 3.06. The minimum Gasteiger partial charge on any atom is -0.426 e. The van der Waals surface area contributed by atoms with Gasteiger partial charge in [0.15, 0.2) is 5.03 Å². The lowest BCUT2D eigenvalue weighted by Crippen LogP contribution is -2.54. The van der Waals surface area contributed by atoms with Crippen molar-refractivity contribution in [1.82, 2.24) is 21.4 Å². The van der Waals surface area contributed by atoms with Crippen LogP contribution in [0.5, 0.6) is 0 Å². The van der Waals surface area contributed by atoms with Crippen LogP contribution in [-0.4, -0.2) is 71.0 Å². The van der Waals surface area contributed by atoms with E-state index in [2.05, 4.69) is 20.9 Å². The van der Waals surface area contributed by atoms with Gasteiger partial charge in [-0.1, -0.05) is 25.7 Å². The molecule has 2 atom stereocenters. The molecule has 34 heavy (non-hydrogen) atoms. The fourth-order valence-electron chi connectivity index (χ4n) is 3.06. The number of hydrogen-bond acceptors (Lipinski definition) is 8. The van der Waals surface area contributed by atoms with Crippen LogP contribution in [0, 0.1) is 16.0 Å². The molecule has 0 aliphatic heterocycles. The molecule has 0 spiro atoms. The minimum absolute atomic E-state index is 0.0769. The van der Waals surface area contributed by atoms with Gasteiger partial charge in [0, 0.05) is 26.4 Å². The molecule has 194 valence electrons. The molecule has 0 rings (SSSR count). The van der Waals surface area contributed by atoms with Crippen molar-refractivity contribution in [3.05, 3.63) is 10.1 Å². The Morgan fingerprint density at radius 1 is 1.12 bits per heavy atom. The Kier molecular flexibility index (Phi) is 16.0. The summed E-state index contributed by atoms with van der Waals surface area (Å²) in [5.41, 5.74) is 7.06. The van der Waals surface area contributed by atoms with E-state index < -0.39 is 30.0 Å². The lowest BCUT2D eigenvalue weighted by atomic mass is 9.75. The summed E-state index contributed by atoms with van der Waals surface area (Å²) < 4.78 is 0. The summed E-state index contributed by atoms with van der Waals surface area (Å²) in [6.45, 7) is 5.77. The first-order valence-electron chi connectivity index (χ1n) is 11.3. The van der Waals surface area contributed by atoms with Crippen LogP contribution in [0.4, 0.5) is 0 Å². The van der Waals surface area contributed by atoms with Crippen molar-refractivity contribution in [1.29, 1.82) is 0 Å². The van der Waals surface area contributed by atoms with Gasteiger partial charge in [-0.25, -0.2) is 15.1 Å². The standard InChI is InChI=1S/C19H38BN7O7/c1-13(2)12-16(20(31)32)25-18(30)15(8-7-11-23-19(21)26-27(33)34)24-17(29)9-5-4-6-10-22-14(3)28/h13,15-16,31-32H,4-12H2,1-3H3,(H,22,28)(H,24,29)(H,25,30)(H3,21,23,26)/t15-,16?/m0/s1. The van der Waals surface area contributed by atoms with Gasteiger partial charge in [-0.05, 0) is 38.0 Å². The van der Waals surface area contributed by atoms with Crippen molar-refractivity contribution in [3.8, 4) is 0 Å². The topological polar surface area (TPSA) is 221 Å². The van der Waals surface area contributed by atoms with Crippen molar-refractivity contribution in [2.45, 2.75) is 77.7 Å². The van der Waals surface area contributed by atoms with Crippen molar-refractivity contribution in [2.24, 2.45) is 16.6 Å². The van der Waals surface area contributed by atoms with E-state index in [-0.39, 0.29) is 49.5 Å². The van der Waals surface area contributed by atoms with Crippen LogP contribution in [0.3, 0.4) is 0 Å². The van der Waals surface area contributed by atoms with Crippen LogP contribution in [0.1, 0.15) is 65.7 Å². The number of unbranched alkanes of at least 4 members (excludes halogenated alkanes) is 2. The first-order valence-corrected chi connectivity index (χ1v) is 11.3. The van der Waals surface area contributed by atoms with Gasteiger partial charge in [-0.2, -0.15) is 0 Å². The summed E-state index contributed by atoms with van der Waals surface area (Å²) in [4.78, 5) is 50.1. The number of amides is 3. The van der Waals surface area contributed by atoms with E-state index in [9.17, 15) is 34.5 Å². The highest BCUT2D eigenvalue weighted by molar-refractivity contribution is 6.43. The average molecular weight is 487 g/mol. The molecule has 0 aliphatic carbocycles. The maximum Gasteiger partial charge on any atom is 0.475 e. The number of nitrogens with two attached hydrogens (primary N) is 1. The molecule has 0 fully saturated rings. The Hall–Kier alpha value is -2.94. The second kappa shape index (κ2) is 17.5. The summed E-state index contributed by atoms with van der Waals surface area (Å²) in [5, 5.41) is 36.5. The molecule has 0 aromatic heterocycles. The molecule has 15 heteroatoms. The molecule has 0 heterocycles. The highest BCUT2D eigenvalue weighted by Crippen LogP contribution is 2.08. The molecule has 0 aromatic rings. The monoisotopic (exact) mass is 487 g/mol. The SMILES string of the molecule is CC(=O)NCCCCCC(=O)N[C@@H](CCCN=C(N)N[N+](=O)[O-])C(=O)NC(CC(C)C)B(O)O. The van der Waals surface area contributed by atoms with Crippen LogP contribution in [0.2, 0.25) is 0 Å². The Balaban J connectivity index is 4.90. The van der Waals surface area contributed by atoms with Gasteiger partial charge >= 0.3 is 7.12 Å². The molecule has 0 saturated carbocycles. The first-order chi connectivity index (χ1) is 15.9. The van der Waals surface area contributed by atoms with Crippen molar-refractivity contribution >= 4 is 30.8 Å². The van der Waals surface area contributed by atoms with Gasteiger partial charge in [0.05, 0.1) is 5.94 Å². The number of rotatable bonds is 17. The van der Waals surface area contributed by atoms with Crippen LogP contribution < -0.4 is 27.1 Å². The third kappa shape index (κ3) is 16.7.